The predicted molar refractivity (Wildman–Crippen MR) is 127 cm³/mol. The van der Waals surface area contributed by atoms with E-state index in [1.165, 1.54) is 37.7 Å². The van der Waals surface area contributed by atoms with Crippen LogP contribution in [0.4, 0.5) is 8.78 Å². The molecule has 0 amide bonds. The molecule has 5 atom stereocenters. The Hall–Kier alpha value is -1.04. The lowest BCUT2D eigenvalue weighted by Gasteiger charge is -2.42. The number of rotatable bonds is 11. The van der Waals surface area contributed by atoms with E-state index in [0.29, 0.717) is 30.2 Å². The maximum absolute atomic E-state index is 12.5. The van der Waals surface area contributed by atoms with Gasteiger partial charge in [-0.15, -0.1) is 6.58 Å². The van der Waals surface area contributed by atoms with Crippen LogP contribution in [0.15, 0.2) is 36.0 Å². The molecule has 1 heterocycles. The standard InChI is InChI=1S/C27H43F2NO2/c1-4-7-20(18-23(31)5-2)9-10-21-8-6-15-27(3)22(11-12-25(21)27)13-16-30-17-14-24(19-30)32-26(28)29/h5,9-10,22-26,31H,2,4,6-8,11-19H2,1,3H3/b20-9-,21-10+/t22-,23?,24+,25?,27?/m1/s1. The summed E-state index contributed by atoms with van der Waals surface area (Å²) in [6.07, 6.45) is 16.4. The van der Waals surface area contributed by atoms with Gasteiger partial charge in [0, 0.05) is 13.1 Å². The Bertz CT molecular complexity index is 677. The van der Waals surface area contributed by atoms with E-state index in [9.17, 15) is 13.9 Å². The molecule has 2 aliphatic carbocycles. The van der Waals surface area contributed by atoms with Gasteiger partial charge in [0.05, 0.1) is 12.2 Å². The van der Waals surface area contributed by atoms with Crippen molar-refractivity contribution in [2.24, 2.45) is 17.3 Å². The van der Waals surface area contributed by atoms with E-state index in [1.54, 1.807) is 11.6 Å². The molecule has 32 heavy (non-hydrogen) atoms. The molecule has 1 saturated heterocycles. The van der Waals surface area contributed by atoms with Crippen molar-refractivity contribution in [2.75, 3.05) is 19.6 Å². The van der Waals surface area contributed by atoms with Crippen molar-refractivity contribution in [3.05, 3.63) is 36.0 Å². The Balaban J connectivity index is 1.60. The van der Waals surface area contributed by atoms with Gasteiger partial charge in [-0.2, -0.15) is 8.78 Å². The lowest BCUT2D eigenvalue weighted by atomic mass is 9.63. The monoisotopic (exact) mass is 451 g/mol. The summed E-state index contributed by atoms with van der Waals surface area (Å²) in [7, 11) is 0. The lowest BCUT2D eigenvalue weighted by Crippen LogP contribution is -2.35. The normalized spacial score (nSPS) is 33.8. The molecular weight excluding hydrogens is 408 g/mol. The molecule has 0 aromatic heterocycles. The second-order valence-electron chi connectivity index (χ2n) is 10.4. The number of aliphatic hydroxyl groups excluding tert-OH is 1. The molecule has 0 aromatic rings. The van der Waals surface area contributed by atoms with Crippen LogP contribution in [-0.4, -0.2) is 48.5 Å². The molecule has 3 aliphatic rings. The largest absolute Gasteiger partial charge is 0.389 e. The number of ether oxygens (including phenoxy) is 1. The molecule has 3 fully saturated rings. The molecule has 1 N–H and O–H groups in total. The van der Waals surface area contributed by atoms with Crippen molar-refractivity contribution < 1.29 is 18.6 Å². The molecule has 5 heteroatoms. The Morgan fingerprint density at radius 1 is 1.34 bits per heavy atom. The van der Waals surface area contributed by atoms with Crippen LogP contribution >= 0.6 is 0 Å². The number of allylic oxidation sites excluding steroid dienone is 3. The number of aliphatic hydroxyl groups is 1. The van der Waals surface area contributed by atoms with Crippen molar-refractivity contribution in [1.29, 1.82) is 0 Å². The highest BCUT2D eigenvalue weighted by atomic mass is 19.3. The first-order valence-corrected chi connectivity index (χ1v) is 12.7. The van der Waals surface area contributed by atoms with Crippen LogP contribution in [0.25, 0.3) is 0 Å². The molecule has 0 radical (unpaired) electrons. The summed E-state index contributed by atoms with van der Waals surface area (Å²) >= 11 is 0. The molecule has 0 bridgehead atoms. The molecular formula is C27H43F2NO2. The van der Waals surface area contributed by atoms with Gasteiger partial charge in [-0.25, -0.2) is 0 Å². The number of likely N-dealkylation sites (tertiary alicyclic amines) is 1. The van der Waals surface area contributed by atoms with E-state index in [-0.39, 0.29) is 6.10 Å². The summed E-state index contributed by atoms with van der Waals surface area (Å²) < 4.78 is 29.7. The quantitative estimate of drug-likeness (QED) is 0.364. The SMILES string of the molecule is C=CC(O)C/C(=C\C=C1/CCCC2(C)C1CC[C@@H]2CCN1CC[C@H](OC(F)F)C1)CCC. The topological polar surface area (TPSA) is 32.7 Å². The average Bonchev–Trinajstić information content (AvgIpc) is 3.33. The number of alkyl halides is 2. The predicted octanol–water partition coefficient (Wildman–Crippen LogP) is 6.50. The fourth-order valence-corrected chi connectivity index (χ4v) is 6.57. The van der Waals surface area contributed by atoms with Gasteiger partial charge in [-0.1, -0.05) is 49.6 Å². The molecule has 2 saturated carbocycles. The third-order valence-electron chi connectivity index (χ3n) is 8.33. The number of fused-ring (bicyclic) bond motifs is 1. The average molecular weight is 452 g/mol. The molecule has 3 unspecified atom stereocenters. The fourth-order valence-electron chi connectivity index (χ4n) is 6.57. The summed E-state index contributed by atoms with van der Waals surface area (Å²) in [5, 5.41) is 10.00. The summed E-state index contributed by atoms with van der Waals surface area (Å²) in [6.45, 7) is 8.24. The zero-order chi connectivity index (χ0) is 23.1. The molecule has 3 rings (SSSR count). The van der Waals surface area contributed by atoms with Gasteiger partial charge in [-0.05, 0) is 81.6 Å². The number of hydrogen-bond acceptors (Lipinski definition) is 3. The number of nitrogens with zero attached hydrogens (tertiary/aromatic N) is 1. The fraction of sp³-hybridized carbons (Fsp3) is 0.778. The van der Waals surface area contributed by atoms with Gasteiger partial charge in [0.1, 0.15) is 0 Å². The highest BCUT2D eigenvalue weighted by Crippen LogP contribution is 2.58. The van der Waals surface area contributed by atoms with E-state index in [2.05, 4.69) is 37.5 Å². The Kier molecular flexibility index (Phi) is 9.51. The Morgan fingerprint density at radius 2 is 2.16 bits per heavy atom. The van der Waals surface area contributed by atoms with Crippen molar-refractivity contribution in [3.8, 4) is 0 Å². The zero-order valence-electron chi connectivity index (χ0n) is 20.1. The molecule has 0 aromatic carbocycles. The van der Waals surface area contributed by atoms with E-state index in [4.69, 9.17) is 4.74 Å². The first-order chi connectivity index (χ1) is 15.4. The zero-order valence-corrected chi connectivity index (χ0v) is 20.1. The summed E-state index contributed by atoms with van der Waals surface area (Å²) in [5.41, 5.74) is 3.25. The van der Waals surface area contributed by atoms with E-state index >= 15 is 0 Å². The van der Waals surface area contributed by atoms with Crippen LogP contribution in [-0.2, 0) is 4.74 Å². The van der Waals surface area contributed by atoms with Crippen LogP contribution in [0.5, 0.6) is 0 Å². The van der Waals surface area contributed by atoms with Crippen molar-refractivity contribution in [1.82, 2.24) is 4.90 Å². The number of hydrogen-bond donors (Lipinski definition) is 1. The van der Waals surface area contributed by atoms with Gasteiger partial charge < -0.3 is 14.7 Å². The summed E-state index contributed by atoms with van der Waals surface area (Å²) in [4.78, 5) is 2.31. The third-order valence-corrected chi connectivity index (χ3v) is 8.33. The third kappa shape index (κ3) is 6.51. The van der Waals surface area contributed by atoms with Crippen LogP contribution in [0.1, 0.15) is 78.1 Å². The molecule has 0 spiro atoms. The van der Waals surface area contributed by atoms with Crippen LogP contribution in [0, 0.1) is 17.3 Å². The first-order valence-electron chi connectivity index (χ1n) is 12.7. The van der Waals surface area contributed by atoms with Gasteiger partial charge in [0.25, 0.3) is 0 Å². The van der Waals surface area contributed by atoms with E-state index in [1.807, 2.05) is 0 Å². The van der Waals surface area contributed by atoms with Crippen LogP contribution in [0.2, 0.25) is 0 Å². The minimum atomic E-state index is -2.66. The van der Waals surface area contributed by atoms with Gasteiger partial charge in [-0.3, -0.25) is 0 Å². The lowest BCUT2D eigenvalue weighted by molar-refractivity contribution is -0.158. The smallest absolute Gasteiger partial charge is 0.345 e. The molecule has 1 aliphatic heterocycles. The van der Waals surface area contributed by atoms with Crippen molar-refractivity contribution in [2.45, 2.75) is 96.9 Å². The van der Waals surface area contributed by atoms with E-state index in [0.717, 1.165) is 38.8 Å². The second kappa shape index (κ2) is 11.9. The summed E-state index contributed by atoms with van der Waals surface area (Å²) in [6, 6.07) is 0. The van der Waals surface area contributed by atoms with Crippen molar-refractivity contribution in [3.63, 3.8) is 0 Å². The Labute approximate surface area is 193 Å². The highest BCUT2D eigenvalue weighted by molar-refractivity contribution is 5.25. The summed E-state index contributed by atoms with van der Waals surface area (Å²) in [5.74, 6) is 1.35. The minimum Gasteiger partial charge on any atom is -0.389 e. The second-order valence-corrected chi connectivity index (χ2v) is 10.4. The molecule has 182 valence electrons. The van der Waals surface area contributed by atoms with Gasteiger partial charge in [0.2, 0.25) is 0 Å². The molecule has 3 nitrogen and oxygen atoms in total. The maximum Gasteiger partial charge on any atom is 0.345 e. The van der Waals surface area contributed by atoms with Crippen molar-refractivity contribution >= 4 is 0 Å². The minimum absolute atomic E-state index is 0.310. The highest BCUT2D eigenvalue weighted by Gasteiger charge is 2.48. The maximum atomic E-state index is 12.5. The van der Waals surface area contributed by atoms with Crippen LogP contribution in [0.3, 0.4) is 0 Å². The number of halogens is 2. The first kappa shape index (κ1) is 25.6. The van der Waals surface area contributed by atoms with Crippen LogP contribution < -0.4 is 0 Å². The van der Waals surface area contributed by atoms with Gasteiger partial charge in [0.15, 0.2) is 0 Å². The van der Waals surface area contributed by atoms with E-state index < -0.39 is 12.7 Å². The Morgan fingerprint density at radius 3 is 2.88 bits per heavy atom. The van der Waals surface area contributed by atoms with Gasteiger partial charge >= 0.3 is 6.61 Å².